The van der Waals surface area contributed by atoms with E-state index in [4.69, 9.17) is 4.74 Å². The Bertz CT molecular complexity index is 1010. The molecule has 2 heterocycles. The Morgan fingerprint density at radius 1 is 1.19 bits per heavy atom. The van der Waals surface area contributed by atoms with Gasteiger partial charge in [0.2, 0.25) is 0 Å². The summed E-state index contributed by atoms with van der Waals surface area (Å²) in [5.41, 5.74) is 3.09. The summed E-state index contributed by atoms with van der Waals surface area (Å²) in [7, 11) is 1.59. The minimum absolute atomic E-state index is 0.0281. The van der Waals surface area contributed by atoms with Gasteiger partial charge in [0.25, 0.3) is 11.6 Å². The molecule has 1 aliphatic heterocycles. The monoisotopic (exact) mass is 350 g/mol. The molecule has 1 aliphatic rings. The van der Waals surface area contributed by atoms with Crippen LogP contribution in [-0.4, -0.2) is 28.1 Å². The third-order valence-corrected chi connectivity index (χ3v) is 4.37. The van der Waals surface area contributed by atoms with E-state index in [0.717, 1.165) is 5.56 Å². The highest BCUT2D eigenvalue weighted by molar-refractivity contribution is 6.00. The predicted molar refractivity (Wildman–Crippen MR) is 93.0 cm³/mol. The molecule has 0 spiro atoms. The molecule has 8 heteroatoms. The number of carbonyl (C=O) groups is 1. The highest BCUT2D eigenvalue weighted by Gasteiger charge is 2.35. The van der Waals surface area contributed by atoms with Gasteiger partial charge >= 0.3 is 0 Å². The molecule has 0 saturated carbocycles. The number of hydrogen-bond acceptors (Lipinski definition) is 5. The molecule has 130 valence electrons. The van der Waals surface area contributed by atoms with E-state index < -0.39 is 11.0 Å². The van der Waals surface area contributed by atoms with Gasteiger partial charge in [-0.25, -0.2) is 0 Å². The highest BCUT2D eigenvalue weighted by atomic mass is 16.6. The van der Waals surface area contributed by atoms with Crippen LogP contribution in [0.5, 0.6) is 5.75 Å². The van der Waals surface area contributed by atoms with Crippen molar-refractivity contribution in [1.29, 1.82) is 0 Å². The smallest absolute Gasteiger partial charge is 0.270 e. The van der Waals surface area contributed by atoms with E-state index in [1.54, 1.807) is 19.2 Å². The van der Waals surface area contributed by atoms with E-state index in [2.05, 4.69) is 15.5 Å². The van der Waals surface area contributed by atoms with Gasteiger partial charge in [-0.2, -0.15) is 5.10 Å². The number of methoxy groups -OCH3 is 1. The van der Waals surface area contributed by atoms with Crippen LogP contribution in [0, 0.1) is 10.1 Å². The predicted octanol–water partition coefficient (Wildman–Crippen LogP) is 2.83. The number of benzene rings is 2. The number of nitro groups is 1. The van der Waals surface area contributed by atoms with Crippen molar-refractivity contribution in [2.24, 2.45) is 0 Å². The van der Waals surface area contributed by atoms with Crippen molar-refractivity contribution in [2.45, 2.75) is 6.04 Å². The van der Waals surface area contributed by atoms with Gasteiger partial charge in [-0.05, 0) is 29.8 Å². The summed E-state index contributed by atoms with van der Waals surface area (Å²) in [6.45, 7) is 0. The van der Waals surface area contributed by atoms with Crippen molar-refractivity contribution in [1.82, 2.24) is 15.5 Å². The van der Waals surface area contributed by atoms with Gasteiger partial charge in [-0.15, -0.1) is 0 Å². The lowest BCUT2D eigenvalue weighted by atomic mass is 9.96. The second kappa shape index (κ2) is 5.99. The van der Waals surface area contributed by atoms with Crippen molar-refractivity contribution < 1.29 is 14.5 Å². The zero-order valence-electron chi connectivity index (χ0n) is 13.7. The van der Waals surface area contributed by atoms with Gasteiger partial charge in [0, 0.05) is 23.3 Å². The molecule has 8 nitrogen and oxygen atoms in total. The van der Waals surface area contributed by atoms with Crippen molar-refractivity contribution in [3.8, 4) is 17.0 Å². The molecular formula is C18H14N4O4. The average Bonchev–Trinajstić information content (AvgIpc) is 3.23. The van der Waals surface area contributed by atoms with Crippen LogP contribution in [-0.2, 0) is 0 Å². The molecule has 2 N–H and O–H groups in total. The van der Waals surface area contributed by atoms with Gasteiger partial charge < -0.3 is 10.1 Å². The minimum Gasteiger partial charge on any atom is -0.497 e. The molecule has 0 unspecified atom stereocenters. The van der Waals surface area contributed by atoms with Gasteiger partial charge in [-0.3, -0.25) is 20.0 Å². The van der Waals surface area contributed by atoms with Crippen LogP contribution in [0.15, 0.2) is 48.5 Å². The molecule has 0 fully saturated rings. The molecule has 2 aromatic carbocycles. The molecule has 1 atom stereocenters. The number of non-ortho nitro benzene ring substituents is 1. The Morgan fingerprint density at radius 2 is 1.96 bits per heavy atom. The van der Waals surface area contributed by atoms with E-state index in [9.17, 15) is 14.9 Å². The third kappa shape index (κ3) is 2.48. The molecular weight excluding hydrogens is 336 g/mol. The maximum Gasteiger partial charge on any atom is 0.270 e. The summed E-state index contributed by atoms with van der Waals surface area (Å²) >= 11 is 0. The molecule has 1 aromatic heterocycles. The summed E-state index contributed by atoms with van der Waals surface area (Å²) < 4.78 is 5.16. The largest absolute Gasteiger partial charge is 0.497 e. The van der Waals surface area contributed by atoms with Crippen molar-refractivity contribution in [3.05, 3.63) is 75.5 Å². The maximum absolute atomic E-state index is 12.3. The van der Waals surface area contributed by atoms with Crippen LogP contribution in [0.3, 0.4) is 0 Å². The first-order valence-electron chi connectivity index (χ1n) is 7.86. The second-order valence-corrected chi connectivity index (χ2v) is 5.85. The topological polar surface area (TPSA) is 110 Å². The zero-order valence-corrected chi connectivity index (χ0v) is 13.7. The first-order chi connectivity index (χ1) is 12.6. The number of aromatic amines is 1. The lowest BCUT2D eigenvalue weighted by Crippen LogP contribution is -2.21. The van der Waals surface area contributed by atoms with Crippen molar-refractivity contribution >= 4 is 11.6 Å². The number of rotatable bonds is 4. The first kappa shape index (κ1) is 15.8. The van der Waals surface area contributed by atoms with Crippen molar-refractivity contribution in [3.63, 3.8) is 0 Å². The van der Waals surface area contributed by atoms with Crippen LogP contribution in [0.25, 0.3) is 11.3 Å². The number of carbonyl (C=O) groups excluding carboxylic acids is 1. The fourth-order valence-electron chi connectivity index (χ4n) is 3.12. The van der Waals surface area contributed by atoms with E-state index in [0.29, 0.717) is 28.3 Å². The summed E-state index contributed by atoms with van der Waals surface area (Å²) in [6.07, 6.45) is 0. The standard InChI is InChI=1S/C18H14N4O4/c1-26-13-7-5-10(6-8-13)16-14-15(19-18(23)17(14)21-20-16)11-3-2-4-12(9-11)22(24)25/h2-9,15H,1H3,(H,19,23)(H,20,21)/t15-/m1/s1. The number of ether oxygens (including phenoxy) is 1. The Hall–Kier alpha value is -3.68. The van der Waals surface area contributed by atoms with Crippen LogP contribution in [0.4, 0.5) is 5.69 Å². The highest BCUT2D eigenvalue weighted by Crippen LogP contribution is 2.38. The van der Waals surface area contributed by atoms with Crippen LogP contribution < -0.4 is 10.1 Å². The Labute approximate surface area is 148 Å². The van der Waals surface area contributed by atoms with Gasteiger partial charge in [-0.1, -0.05) is 12.1 Å². The summed E-state index contributed by atoms with van der Waals surface area (Å²) in [5.74, 6) is 0.425. The van der Waals surface area contributed by atoms with E-state index in [-0.39, 0.29) is 11.6 Å². The first-order valence-corrected chi connectivity index (χ1v) is 7.86. The Morgan fingerprint density at radius 3 is 2.65 bits per heavy atom. The van der Waals surface area contributed by atoms with E-state index in [1.165, 1.54) is 12.1 Å². The zero-order chi connectivity index (χ0) is 18.3. The molecule has 0 bridgehead atoms. The molecule has 0 aliphatic carbocycles. The van der Waals surface area contributed by atoms with Gasteiger partial charge in [0.15, 0.2) is 0 Å². The lowest BCUT2D eigenvalue weighted by molar-refractivity contribution is -0.384. The minimum atomic E-state index is -0.506. The van der Waals surface area contributed by atoms with Gasteiger partial charge in [0.1, 0.15) is 11.4 Å². The van der Waals surface area contributed by atoms with Crippen LogP contribution in [0.1, 0.15) is 27.7 Å². The summed E-state index contributed by atoms with van der Waals surface area (Å²) in [5, 5.41) is 21.0. The molecule has 26 heavy (non-hydrogen) atoms. The normalized spacial score (nSPS) is 15.4. The maximum atomic E-state index is 12.3. The number of H-pyrrole nitrogens is 1. The number of fused-ring (bicyclic) bond motifs is 1. The molecule has 3 aromatic rings. The SMILES string of the molecule is COc1ccc(-c2n[nH]c3c2[C@@H](c2cccc([N+](=O)[O-])c2)NC3=O)cc1. The van der Waals surface area contributed by atoms with Gasteiger partial charge in [0.05, 0.1) is 23.8 Å². The molecule has 0 radical (unpaired) electrons. The number of hydrogen-bond donors (Lipinski definition) is 2. The number of nitrogens with one attached hydrogen (secondary N) is 2. The van der Waals surface area contributed by atoms with Crippen molar-refractivity contribution in [2.75, 3.05) is 7.11 Å². The second-order valence-electron chi connectivity index (χ2n) is 5.85. The number of aromatic nitrogens is 2. The fraction of sp³-hybridized carbons (Fsp3) is 0.111. The number of nitrogens with zero attached hydrogens (tertiary/aromatic N) is 2. The van der Waals surface area contributed by atoms with Crippen LogP contribution in [0.2, 0.25) is 0 Å². The summed E-state index contributed by atoms with van der Waals surface area (Å²) in [4.78, 5) is 22.9. The summed E-state index contributed by atoms with van der Waals surface area (Å²) in [6, 6.07) is 13.0. The number of nitro benzene ring substituents is 1. The average molecular weight is 350 g/mol. The molecule has 4 rings (SSSR count). The third-order valence-electron chi connectivity index (χ3n) is 4.37. The van der Waals surface area contributed by atoms with E-state index in [1.807, 2.05) is 24.3 Å². The van der Waals surface area contributed by atoms with E-state index >= 15 is 0 Å². The lowest BCUT2D eigenvalue weighted by Gasteiger charge is -2.13. The van der Waals surface area contributed by atoms with Crippen LogP contribution >= 0.6 is 0 Å². The molecule has 1 amide bonds. The number of amides is 1. The Balaban J connectivity index is 1.81. The quantitative estimate of drug-likeness (QED) is 0.555. The fourth-order valence-corrected chi connectivity index (χ4v) is 3.12. The molecule has 0 saturated heterocycles. The Kier molecular flexibility index (Phi) is 3.65.